The number of urea groups is 1. The number of likely N-dealkylation sites (tertiary alicyclic amines) is 1. The Morgan fingerprint density at radius 3 is 2.52 bits per heavy atom. The van der Waals surface area contributed by atoms with E-state index in [1.165, 1.54) is 28.7 Å². The topological polar surface area (TPSA) is 87.2 Å². The molecule has 0 aliphatic carbocycles. The van der Waals surface area contributed by atoms with Gasteiger partial charge in [-0.1, -0.05) is 0 Å². The number of thioether (sulfide) groups is 1. The van der Waals surface area contributed by atoms with Gasteiger partial charge in [-0.15, -0.1) is 0 Å². The number of aliphatic carboxylic acids is 1. The predicted molar refractivity (Wildman–Crippen MR) is 77.2 cm³/mol. The van der Waals surface area contributed by atoms with E-state index in [9.17, 15) is 19.5 Å². The molecule has 0 aromatic carbocycles. The Balaban J connectivity index is 2.15. The highest BCUT2D eigenvalue weighted by molar-refractivity contribution is 7.99. The zero-order valence-corrected chi connectivity index (χ0v) is 12.8. The molecular weight excluding hydrogens is 296 g/mol. The molecule has 2 rings (SSSR count). The summed E-state index contributed by atoms with van der Waals surface area (Å²) in [6.45, 7) is 0.861. The van der Waals surface area contributed by atoms with Crippen molar-refractivity contribution in [1.82, 2.24) is 9.80 Å². The molecule has 0 saturated carbocycles. The Morgan fingerprint density at radius 1 is 1.14 bits per heavy atom. The molecule has 2 amide bonds. The number of carbonyl (C=O) groups excluding carboxylic acids is 2. The van der Waals surface area contributed by atoms with Gasteiger partial charge in [-0.05, 0) is 19.3 Å². The van der Waals surface area contributed by atoms with Crippen LogP contribution in [0.2, 0.25) is 0 Å². The smallest absolute Gasteiger partial charge is 0.328 e. The van der Waals surface area contributed by atoms with Crippen molar-refractivity contribution in [2.75, 3.05) is 31.7 Å². The van der Waals surface area contributed by atoms with Crippen molar-refractivity contribution in [1.29, 1.82) is 0 Å². The van der Waals surface area contributed by atoms with Crippen LogP contribution < -0.4 is 0 Å². The summed E-state index contributed by atoms with van der Waals surface area (Å²) in [5.74, 6) is -0.326. The molecule has 2 atom stereocenters. The van der Waals surface area contributed by atoms with Gasteiger partial charge in [0.1, 0.15) is 12.1 Å². The molecule has 1 N–H and O–H groups in total. The summed E-state index contributed by atoms with van der Waals surface area (Å²) in [4.78, 5) is 38.6. The Hall–Kier alpha value is -1.44. The van der Waals surface area contributed by atoms with Crippen LogP contribution in [0.1, 0.15) is 19.3 Å². The number of rotatable bonds is 2. The summed E-state index contributed by atoms with van der Waals surface area (Å²) in [5, 5.41) is 9.26. The largest absolute Gasteiger partial charge is 0.480 e. The highest BCUT2D eigenvalue weighted by Gasteiger charge is 2.40. The van der Waals surface area contributed by atoms with Gasteiger partial charge in [-0.25, -0.2) is 14.4 Å². The molecule has 2 aliphatic rings. The minimum atomic E-state index is -0.998. The molecule has 21 heavy (non-hydrogen) atoms. The number of hydrogen-bond acceptors (Lipinski definition) is 5. The van der Waals surface area contributed by atoms with Crippen LogP contribution in [0, 0.1) is 0 Å². The van der Waals surface area contributed by atoms with Gasteiger partial charge in [0, 0.05) is 24.6 Å². The Morgan fingerprint density at radius 2 is 1.86 bits per heavy atom. The minimum Gasteiger partial charge on any atom is -0.480 e. The van der Waals surface area contributed by atoms with Gasteiger partial charge in [-0.3, -0.25) is 0 Å². The molecular formula is C13H20N2O5S. The fourth-order valence-corrected chi connectivity index (χ4v) is 3.78. The van der Waals surface area contributed by atoms with Crippen molar-refractivity contribution in [2.24, 2.45) is 0 Å². The average Bonchev–Trinajstić information content (AvgIpc) is 2.53. The fraction of sp³-hybridized carbons (Fsp3) is 0.769. The molecule has 8 heteroatoms. The molecule has 2 saturated heterocycles. The molecule has 2 aliphatic heterocycles. The van der Waals surface area contributed by atoms with Gasteiger partial charge >= 0.3 is 18.0 Å². The Bertz CT molecular complexity index is 431. The van der Waals surface area contributed by atoms with Crippen molar-refractivity contribution in [2.45, 2.75) is 31.3 Å². The maximum atomic E-state index is 12.7. The second-order valence-corrected chi connectivity index (χ2v) is 6.28. The highest BCUT2D eigenvalue weighted by Crippen LogP contribution is 2.24. The first-order valence-electron chi connectivity index (χ1n) is 7.02. The lowest BCUT2D eigenvalue weighted by Gasteiger charge is -2.40. The van der Waals surface area contributed by atoms with Crippen LogP contribution in [0.3, 0.4) is 0 Å². The molecule has 2 unspecified atom stereocenters. The van der Waals surface area contributed by atoms with Crippen LogP contribution in [0.15, 0.2) is 0 Å². The van der Waals surface area contributed by atoms with Crippen LogP contribution in [0.5, 0.6) is 0 Å². The molecule has 2 heterocycles. The predicted octanol–water partition coefficient (Wildman–Crippen LogP) is 0.636. The number of carbonyl (C=O) groups is 3. The van der Waals surface area contributed by atoms with Crippen LogP contribution >= 0.6 is 11.8 Å². The summed E-state index contributed by atoms with van der Waals surface area (Å²) < 4.78 is 4.76. The van der Waals surface area contributed by atoms with Crippen LogP contribution in [-0.2, 0) is 14.3 Å². The van der Waals surface area contributed by atoms with Gasteiger partial charge in [0.2, 0.25) is 0 Å². The lowest BCUT2D eigenvalue weighted by atomic mass is 10.0. The van der Waals surface area contributed by atoms with E-state index in [0.29, 0.717) is 31.0 Å². The summed E-state index contributed by atoms with van der Waals surface area (Å²) in [5.41, 5.74) is 0. The number of methoxy groups -OCH3 is 1. The molecule has 0 radical (unpaired) electrons. The van der Waals surface area contributed by atoms with Gasteiger partial charge < -0.3 is 19.6 Å². The third kappa shape index (κ3) is 3.42. The number of hydrogen-bond donors (Lipinski definition) is 1. The van der Waals surface area contributed by atoms with Crippen molar-refractivity contribution < 1.29 is 24.2 Å². The van der Waals surface area contributed by atoms with E-state index in [1.54, 1.807) is 0 Å². The maximum Gasteiger partial charge on any atom is 0.328 e. The van der Waals surface area contributed by atoms with E-state index < -0.39 is 24.0 Å². The van der Waals surface area contributed by atoms with Gasteiger partial charge in [-0.2, -0.15) is 11.8 Å². The number of ether oxygens (including phenoxy) is 1. The summed E-state index contributed by atoms with van der Waals surface area (Å²) >= 11 is 1.53. The van der Waals surface area contributed by atoms with E-state index in [1.807, 2.05) is 0 Å². The van der Waals surface area contributed by atoms with E-state index in [-0.39, 0.29) is 6.03 Å². The molecule has 0 aromatic heterocycles. The summed E-state index contributed by atoms with van der Waals surface area (Å²) in [6.07, 6.45) is 2.25. The van der Waals surface area contributed by atoms with Gasteiger partial charge in [0.15, 0.2) is 0 Å². The van der Waals surface area contributed by atoms with Crippen molar-refractivity contribution >= 4 is 29.7 Å². The van der Waals surface area contributed by atoms with Crippen molar-refractivity contribution in [3.63, 3.8) is 0 Å². The zero-order chi connectivity index (χ0) is 15.4. The Labute approximate surface area is 127 Å². The second-order valence-electron chi connectivity index (χ2n) is 5.13. The molecule has 2 fully saturated rings. The monoisotopic (exact) mass is 316 g/mol. The molecule has 0 bridgehead atoms. The molecule has 118 valence electrons. The zero-order valence-electron chi connectivity index (χ0n) is 12.0. The standard InChI is InChI=1S/C13H20N2O5S/c1-20-12(18)9-4-2-3-5-14(9)13(19)15-6-7-21-8-10(15)11(16)17/h9-10H,2-8H2,1H3,(H,16,17). The third-order valence-electron chi connectivity index (χ3n) is 3.88. The lowest BCUT2D eigenvalue weighted by molar-refractivity contribution is -0.147. The van der Waals surface area contributed by atoms with E-state index in [0.717, 1.165) is 12.8 Å². The Kier molecular flexibility index (Phi) is 5.33. The molecule has 0 aromatic rings. The average molecular weight is 316 g/mol. The number of piperidine rings is 1. The number of esters is 1. The minimum absolute atomic E-state index is 0.363. The second kappa shape index (κ2) is 7.02. The number of carboxylic acids is 1. The quantitative estimate of drug-likeness (QED) is 0.752. The van der Waals surface area contributed by atoms with Crippen LogP contribution in [-0.4, -0.2) is 76.7 Å². The number of amides is 2. The SMILES string of the molecule is COC(=O)C1CCCCN1C(=O)N1CCSCC1C(=O)O. The normalized spacial score (nSPS) is 26.3. The third-order valence-corrected chi connectivity index (χ3v) is 4.90. The van der Waals surface area contributed by atoms with Crippen LogP contribution in [0.4, 0.5) is 4.79 Å². The van der Waals surface area contributed by atoms with Crippen molar-refractivity contribution in [3.8, 4) is 0 Å². The van der Waals surface area contributed by atoms with E-state index in [2.05, 4.69) is 0 Å². The summed E-state index contributed by atoms with van der Waals surface area (Å²) in [6, 6.07) is -1.78. The fourth-order valence-electron chi connectivity index (χ4n) is 2.74. The number of carboxylic acid groups (broad SMARTS) is 1. The lowest BCUT2D eigenvalue weighted by Crippen LogP contribution is -2.59. The number of nitrogens with zero attached hydrogens (tertiary/aromatic N) is 2. The highest BCUT2D eigenvalue weighted by atomic mass is 32.2. The first kappa shape index (κ1) is 15.9. The molecule has 7 nitrogen and oxygen atoms in total. The van der Waals surface area contributed by atoms with Gasteiger partial charge in [0.05, 0.1) is 7.11 Å². The first-order valence-corrected chi connectivity index (χ1v) is 8.17. The first-order chi connectivity index (χ1) is 10.1. The van der Waals surface area contributed by atoms with E-state index >= 15 is 0 Å². The molecule has 0 spiro atoms. The summed E-state index contributed by atoms with van der Waals surface area (Å²) in [7, 11) is 1.30. The van der Waals surface area contributed by atoms with Gasteiger partial charge in [0.25, 0.3) is 0 Å². The van der Waals surface area contributed by atoms with Crippen molar-refractivity contribution in [3.05, 3.63) is 0 Å². The maximum absolute atomic E-state index is 12.7. The van der Waals surface area contributed by atoms with E-state index in [4.69, 9.17) is 4.74 Å². The van der Waals surface area contributed by atoms with Crippen LogP contribution in [0.25, 0.3) is 0 Å².